The van der Waals surface area contributed by atoms with E-state index in [2.05, 4.69) is 13.8 Å². The molecule has 0 atom stereocenters. The molecule has 0 aromatic carbocycles. The van der Waals surface area contributed by atoms with Gasteiger partial charge in [-0.1, -0.05) is 32.6 Å². The summed E-state index contributed by atoms with van der Waals surface area (Å²) >= 11 is 0. The Morgan fingerprint density at radius 2 is 1.69 bits per heavy atom. The van der Waals surface area contributed by atoms with Gasteiger partial charge in [0.25, 0.3) is 0 Å². The molecule has 0 aromatic rings. The van der Waals surface area contributed by atoms with E-state index < -0.39 is 0 Å². The third kappa shape index (κ3) is 12.3. The molecule has 0 unspecified atom stereocenters. The molecule has 2 heteroatoms. The zero-order valence-electron chi connectivity index (χ0n) is 9.36. The Morgan fingerprint density at radius 1 is 1.08 bits per heavy atom. The van der Waals surface area contributed by atoms with Gasteiger partial charge < -0.3 is 12.3 Å². The molecular formula is C11H22LiN. The molecule has 0 amide bonds. The van der Waals surface area contributed by atoms with Crippen LogP contribution in [0.25, 0.3) is 0 Å². The third-order valence-electron chi connectivity index (χ3n) is 2.06. The molecule has 72 valence electrons. The monoisotopic (exact) mass is 175 g/mol. The van der Waals surface area contributed by atoms with Gasteiger partial charge in [0, 0.05) is 5.71 Å². The van der Waals surface area contributed by atoms with Crippen molar-refractivity contribution < 1.29 is 18.9 Å². The van der Waals surface area contributed by atoms with Crippen LogP contribution in [0.2, 0.25) is 0 Å². The molecule has 0 aromatic heterocycles. The smallest absolute Gasteiger partial charge is 0.343 e. The minimum Gasteiger partial charge on any atom is -0.343 e. The first-order chi connectivity index (χ1) is 5.81. The molecule has 0 saturated heterocycles. The SMILES string of the molecule is [CH2-]CCC(=N)CCCCCCC.[Li+]. The van der Waals surface area contributed by atoms with E-state index in [1.54, 1.807) is 0 Å². The van der Waals surface area contributed by atoms with Gasteiger partial charge in [0.05, 0.1) is 0 Å². The minimum absolute atomic E-state index is 0. The molecule has 0 bridgehead atoms. The van der Waals surface area contributed by atoms with E-state index in [0.717, 1.165) is 25.0 Å². The van der Waals surface area contributed by atoms with Crippen LogP contribution in [-0.2, 0) is 0 Å². The zero-order valence-corrected chi connectivity index (χ0v) is 9.36. The van der Waals surface area contributed by atoms with E-state index in [0.29, 0.717) is 0 Å². The fourth-order valence-electron chi connectivity index (χ4n) is 1.28. The molecule has 0 rings (SSSR count). The van der Waals surface area contributed by atoms with Crippen molar-refractivity contribution >= 4 is 5.71 Å². The Morgan fingerprint density at radius 3 is 2.23 bits per heavy atom. The summed E-state index contributed by atoms with van der Waals surface area (Å²) < 4.78 is 0. The van der Waals surface area contributed by atoms with Crippen LogP contribution in [0.3, 0.4) is 0 Å². The Labute approximate surface area is 95.4 Å². The second kappa shape index (κ2) is 12.3. The minimum atomic E-state index is 0. The Balaban J connectivity index is 0. The molecule has 1 nitrogen and oxygen atoms in total. The summed E-state index contributed by atoms with van der Waals surface area (Å²) in [5.41, 5.74) is 0.890. The first-order valence-electron chi connectivity index (χ1n) is 5.16. The van der Waals surface area contributed by atoms with Gasteiger partial charge in [-0.05, 0) is 19.3 Å². The Bertz CT molecular complexity index is 113. The summed E-state index contributed by atoms with van der Waals surface area (Å²) in [6.07, 6.45) is 9.28. The van der Waals surface area contributed by atoms with Gasteiger partial charge in [-0.25, -0.2) is 0 Å². The van der Waals surface area contributed by atoms with Crippen molar-refractivity contribution in [2.75, 3.05) is 0 Å². The molecule has 13 heavy (non-hydrogen) atoms. The topological polar surface area (TPSA) is 23.9 Å². The van der Waals surface area contributed by atoms with Gasteiger partial charge in [-0.15, -0.1) is 0 Å². The molecule has 0 fully saturated rings. The number of unbranched alkanes of at least 4 members (excludes halogenated alkanes) is 4. The quantitative estimate of drug-likeness (QED) is 0.246. The van der Waals surface area contributed by atoms with Crippen LogP contribution in [0.15, 0.2) is 0 Å². The first kappa shape index (κ1) is 15.7. The zero-order chi connectivity index (χ0) is 9.23. The molecule has 0 aliphatic heterocycles. The molecule has 0 aliphatic carbocycles. The summed E-state index contributed by atoms with van der Waals surface area (Å²) in [5, 5.41) is 7.53. The molecule has 0 saturated carbocycles. The Kier molecular flexibility index (Phi) is 14.8. The average Bonchev–Trinajstić information content (AvgIpc) is 2.05. The van der Waals surface area contributed by atoms with Crippen LogP contribution in [0.1, 0.15) is 58.3 Å². The van der Waals surface area contributed by atoms with Crippen LogP contribution in [0.4, 0.5) is 0 Å². The van der Waals surface area contributed by atoms with Gasteiger partial charge in [-0.3, -0.25) is 0 Å². The van der Waals surface area contributed by atoms with Gasteiger partial charge in [0.2, 0.25) is 0 Å². The molecule has 1 N–H and O–H groups in total. The van der Waals surface area contributed by atoms with Crippen LogP contribution in [0, 0.1) is 12.3 Å². The summed E-state index contributed by atoms with van der Waals surface area (Å²) in [6, 6.07) is 0. The van der Waals surface area contributed by atoms with Crippen LogP contribution in [0.5, 0.6) is 0 Å². The van der Waals surface area contributed by atoms with Crippen LogP contribution in [-0.4, -0.2) is 5.71 Å². The van der Waals surface area contributed by atoms with Gasteiger partial charge >= 0.3 is 18.9 Å². The summed E-state index contributed by atoms with van der Waals surface area (Å²) in [6.45, 7) is 5.97. The maximum Gasteiger partial charge on any atom is 1.00 e. The van der Waals surface area contributed by atoms with Crippen molar-refractivity contribution in [3.8, 4) is 0 Å². The average molecular weight is 175 g/mol. The van der Waals surface area contributed by atoms with Gasteiger partial charge in [0.15, 0.2) is 0 Å². The predicted octanol–water partition coefficient (Wildman–Crippen LogP) is 0.985. The molecule has 0 aliphatic rings. The fraction of sp³-hybridized carbons (Fsp3) is 0.818. The fourth-order valence-corrected chi connectivity index (χ4v) is 1.28. The van der Waals surface area contributed by atoms with Gasteiger partial charge in [-0.2, -0.15) is 6.42 Å². The van der Waals surface area contributed by atoms with E-state index in [1.807, 2.05) is 0 Å². The van der Waals surface area contributed by atoms with Crippen molar-refractivity contribution in [1.82, 2.24) is 0 Å². The third-order valence-corrected chi connectivity index (χ3v) is 2.06. The maximum absolute atomic E-state index is 7.53. The predicted molar refractivity (Wildman–Crippen MR) is 55.7 cm³/mol. The molecular weight excluding hydrogens is 153 g/mol. The Hall–Kier alpha value is 0.267. The van der Waals surface area contributed by atoms with E-state index >= 15 is 0 Å². The van der Waals surface area contributed by atoms with Gasteiger partial charge in [0.1, 0.15) is 0 Å². The number of hydrogen-bond donors (Lipinski definition) is 1. The second-order valence-corrected chi connectivity index (χ2v) is 3.37. The van der Waals surface area contributed by atoms with Crippen molar-refractivity contribution in [3.63, 3.8) is 0 Å². The second-order valence-electron chi connectivity index (χ2n) is 3.37. The first-order valence-corrected chi connectivity index (χ1v) is 5.16. The molecule has 0 heterocycles. The standard InChI is InChI=1S/C11H22N.Li/c1-3-5-6-7-8-10-11(12)9-4-2;/h12H,2-10H2,1H3;/q-1;+1. The van der Waals surface area contributed by atoms with E-state index in [9.17, 15) is 0 Å². The number of hydrogen-bond acceptors (Lipinski definition) is 1. The number of rotatable bonds is 8. The van der Waals surface area contributed by atoms with Crippen molar-refractivity contribution in [3.05, 3.63) is 6.92 Å². The maximum atomic E-state index is 7.53. The van der Waals surface area contributed by atoms with E-state index in [-0.39, 0.29) is 18.9 Å². The number of nitrogens with one attached hydrogen (secondary N) is 1. The van der Waals surface area contributed by atoms with Crippen LogP contribution < -0.4 is 18.9 Å². The van der Waals surface area contributed by atoms with Crippen molar-refractivity contribution in [2.24, 2.45) is 0 Å². The van der Waals surface area contributed by atoms with Crippen molar-refractivity contribution in [1.29, 1.82) is 5.41 Å². The van der Waals surface area contributed by atoms with E-state index in [1.165, 1.54) is 32.1 Å². The summed E-state index contributed by atoms with van der Waals surface area (Å²) in [4.78, 5) is 0. The normalized spacial score (nSPS) is 9.38. The molecule has 0 radical (unpaired) electrons. The van der Waals surface area contributed by atoms with E-state index in [4.69, 9.17) is 5.41 Å². The largest absolute Gasteiger partial charge is 1.00 e. The summed E-state index contributed by atoms with van der Waals surface area (Å²) in [7, 11) is 0. The van der Waals surface area contributed by atoms with Crippen molar-refractivity contribution in [2.45, 2.75) is 58.3 Å². The van der Waals surface area contributed by atoms with Crippen LogP contribution >= 0.6 is 0 Å². The molecule has 0 spiro atoms. The summed E-state index contributed by atoms with van der Waals surface area (Å²) in [5.74, 6) is 0.